The minimum absolute atomic E-state index is 0.0645. The van der Waals surface area contributed by atoms with Gasteiger partial charge in [-0.15, -0.1) is 0 Å². The zero-order valence-electron chi connectivity index (χ0n) is 24.3. The van der Waals surface area contributed by atoms with Gasteiger partial charge in [0.2, 0.25) is 0 Å². The molecule has 0 bridgehead atoms. The van der Waals surface area contributed by atoms with E-state index in [1.165, 1.54) is 16.7 Å². The fourth-order valence-electron chi connectivity index (χ4n) is 6.92. The standard InChI is InChI=1S/C40H23BrN2O3/c41-25-15-18-34-30(21-25)38-39(46-34)37(42-40(43-38)22-7-2-1-3-8-22)27-10-6-12-35-36(27)29-20-24(14-17-33(29)45-35)23-13-16-32-28(19-23)26-9-4-5-11-31(26)44-32/h1-15,17-21,32H,16H2. The molecule has 3 aromatic heterocycles. The summed E-state index contributed by atoms with van der Waals surface area (Å²) in [4.78, 5) is 10.2. The van der Waals surface area contributed by atoms with Crippen LogP contribution in [0.2, 0.25) is 0 Å². The van der Waals surface area contributed by atoms with Crippen LogP contribution < -0.4 is 4.74 Å². The molecule has 1 unspecified atom stereocenters. The topological polar surface area (TPSA) is 61.3 Å². The van der Waals surface area contributed by atoms with Gasteiger partial charge < -0.3 is 13.6 Å². The van der Waals surface area contributed by atoms with Crippen molar-refractivity contribution in [3.05, 3.63) is 137 Å². The van der Waals surface area contributed by atoms with E-state index in [9.17, 15) is 0 Å². The Kier molecular flexibility index (Phi) is 5.48. The third-order valence-electron chi connectivity index (χ3n) is 9.07. The molecule has 1 atom stereocenters. The Labute approximate surface area is 271 Å². The van der Waals surface area contributed by atoms with E-state index in [2.05, 4.69) is 70.5 Å². The van der Waals surface area contributed by atoms with Gasteiger partial charge in [-0.1, -0.05) is 88.7 Å². The molecule has 0 radical (unpaired) electrons. The van der Waals surface area contributed by atoms with Crippen LogP contribution in [0.5, 0.6) is 5.75 Å². The van der Waals surface area contributed by atoms with Crippen molar-refractivity contribution in [2.75, 3.05) is 0 Å². The highest BCUT2D eigenvalue weighted by Gasteiger charge is 2.30. The second-order valence-electron chi connectivity index (χ2n) is 11.8. The Morgan fingerprint density at radius 1 is 0.674 bits per heavy atom. The van der Waals surface area contributed by atoms with Gasteiger partial charge in [0, 0.05) is 49.3 Å². The van der Waals surface area contributed by atoms with Gasteiger partial charge in [0.05, 0.1) is 0 Å². The summed E-state index contributed by atoms with van der Waals surface area (Å²) in [6.45, 7) is 0. The average molecular weight is 660 g/mol. The number of rotatable bonds is 3. The van der Waals surface area contributed by atoms with E-state index < -0.39 is 0 Å². The summed E-state index contributed by atoms with van der Waals surface area (Å²) in [6.07, 6.45) is 5.44. The molecule has 46 heavy (non-hydrogen) atoms. The molecule has 0 N–H and O–H groups in total. The molecule has 2 aliphatic rings. The second-order valence-corrected chi connectivity index (χ2v) is 12.7. The van der Waals surface area contributed by atoms with Crippen molar-refractivity contribution in [3.63, 3.8) is 0 Å². The number of hydrogen-bond acceptors (Lipinski definition) is 5. The summed E-state index contributed by atoms with van der Waals surface area (Å²) in [6, 6.07) is 37.0. The highest BCUT2D eigenvalue weighted by Crippen LogP contribution is 2.45. The molecule has 1 aliphatic carbocycles. The number of fused-ring (bicyclic) bond motifs is 9. The van der Waals surface area contributed by atoms with Crippen LogP contribution in [0.1, 0.15) is 17.5 Å². The minimum atomic E-state index is 0.0645. The van der Waals surface area contributed by atoms with Crippen LogP contribution in [0.25, 0.3) is 77.8 Å². The molecule has 5 nitrogen and oxygen atoms in total. The highest BCUT2D eigenvalue weighted by atomic mass is 79.9. The minimum Gasteiger partial charge on any atom is -0.485 e. The number of aromatic nitrogens is 2. The maximum atomic E-state index is 6.50. The molecule has 5 aromatic carbocycles. The molecule has 1 aliphatic heterocycles. The number of halogens is 1. The Bertz CT molecular complexity index is 2610. The highest BCUT2D eigenvalue weighted by molar-refractivity contribution is 9.10. The Morgan fingerprint density at radius 3 is 2.43 bits per heavy atom. The lowest BCUT2D eigenvalue weighted by Crippen LogP contribution is -2.13. The number of para-hydroxylation sites is 1. The predicted molar refractivity (Wildman–Crippen MR) is 187 cm³/mol. The van der Waals surface area contributed by atoms with Crippen molar-refractivity contribution >= 4 is 71.1 Å². The molecule has 0 saturated heterocycles. The van der Waals surface area contributed by atoms with Crippen molar-refractivity contribution in [2.24, 2.45) is 0 Å². The molecular formula is C40H23BrN2O3. The second kappa shape index (κ2) is 9.77. The van der Waals surface area contributed by atoms with E-state index >= 15 is 0 Å². The number of allylic oxidation sites excluding steroid dienone is 2. The van der Waals surface area contributed by atoms with Crippen molar-refractivity contribution in [1.29, 1.82) is 0 Å². The number of nitrogens with zero attached hydrogens (tertiary/aromatic N) is 2. The van der Waals surface area contributed by atoms with E-state index in [4.69, 9.17) is 23.5 Å². The van der Waals surface area contributed by atoms with Gasteiger partial charge in [0.25, 0.3) is 0 Å². The molecule has 0 saturated carbocycles. The summed E-state index contributed by atoms with van der Waals surface area (Å²) in [7, 11) is 0. The molecule has 8 aromatic rings. The van der Waals surface area contributed by atoms with E-state index in [1.807, 2.05) is 66.7 Å². The Balaban J connectivity index is 1.20. The third-order valence-corrected chi connectivity index (χ3v) is 9.56. The maximum Gasteiger partial charge on any atom is 0.180 e. The van der Waals surface area contributed by atoms with E-state index in [0.29, 0.717) is 11.4 Å². The monoisotopic (exact) mass is 658 g/mol. The first-order chi connectivity index (χ1) is 22.7. The van der Waals surface area contributed by atoms with Crippen molar-refractivity contribution < 1.29 is 13.6 Å². The lowest BCUT2D eigenvalue weighted by molar-refractivity contribution is 0.279. The molecule has 10 rings (SSSR count). The van der Waals surface area contributed by atoms with Crippen LogP contribution in [0.4, 0.5) is 0 Å². The smallest absolute Gasteiger partial charge is 0.180 e. The van der Waals surface area contributed by atoms with Crippen LogP contribution in [-0.2, 0) is 0 Å². The molecule has 6 heteroatoms. The first-order valence-electron chi connectivity index (χ1n) is 15.3. The lowest BCUT2D eigenvalue weighted by atomic mass is 9.89. The summed E-state index contributed by atoms with van der Waals surface area (Å²) in [5, 5.41) is 2.96. The van der Waals surface area contributed by atoms with Gasteiger partial charge in [0.15, 0.2) is 11.4 Å². The van der Waals surface area contributed by atoms with E-state index in [-0.39, 0.29) is 6.10 Å². The van der Waals surface area contributed by atoms with E-state index in [0.717, 1.165) is 77.5 Å². The summed E-state index contributed by atoms with van der Waals surface area (Å²) >= 11 is 3.63. The first kappa shape index (κ1) is 25.8. The van der Waals surface area contributed by atoms with Crippen molar-refractivity contribution in [1.82, 2.24) is 9.97 Å². The van der Waals surface area contributed by atoms with Crippen LogP contribution in [0, 0.1) is 0 Å². The number of hydrogen-bond donors (Lipinski definition) is 0. The fraction of sp³-hybridized carbons (Fsp3) is 0.0500. The van der Waals surface area contributed by atoms with Gasteiger partial charge in [-0.25, -0.2) is 9.97 Å². The van der Waals surface area contributed by atoms with Crippen LogP contribution in [0.15, 0.2) is 135 Å². The Hall–Kier alpha value is -5.46. The first-order valence-corrected chi connectivity index (χ1v) is 16.1. The number of furan rings is 2. The van der Waals surface area contributed by atoms with Crippen molar-refractivity contribution in [3.8, 4) is 28.4 Å². The van der Waals surface area contributed by atoms with Gasteiger partial charge in [-0.3, -0.25) is 0 Å². The van der Waals surface area contributed by atoms with Crippen LogP contribution in [0.3, 0.4) is 0 Å². The van der Waals surface area contributed by atoms with E-state index in [1.54, 1.807) is 0 Å². The SMILES string of the molecule is Brc1ccc2oc3c(-c4cccc5oc6ccc(C7=CCC8Oc9ccccc9C8=C7)cc6c45)nc(-c4ccccc4)nc3c2c1. The van der Waals surface area contributed by atoms with Gasteiger partial charge in [0.1, 0.15) is 39.8 Å². The normalized spacial score (nSPS) is 15.6. The molecular weight excluding hydrogens is 636 g/mol. The molecule has 4 heterocycles. The predicted octanol–water partition coefficient (Wildman–Crippen LogP) is 11.0. The summed E-state index contributed by atoms with van der Waals surface area (Å²) in [5.74, 6) is 1.60. The molecule has 218 valence electrons. The fourth-order valence-corrected chi connectivity index (χ4v) is 7.29. The molecule has 0 spiro atoms. The summed E-state index contributed by atoms with van der Waals surface area (Å²) in [5.41, 5.74) is 11.1. The average Bonchev–Trinajstić information content (AvgIpc) is 3.78. The quantitative estimate of drug-likeness (QED) is 0.189. The Morgan fingerprint density at radius 2 is 1.50 bits per heavy atom. The lowest BCUT2D eigenvalue weighted by Gasteiger charge is -2.17. The molecule has 0 fully saturated rings. The largest absolute Gasteiger partial charge is 0.485 e. The van der Waals surface area contributed by atoms with Gasteiger partial charge >= 0.3 is 0 Å². The number of benzene rings is 5. The third kappa shape index (κ3) is 3.87. The zero-order chi connectivity index (χ0) is 30.4. The van der Waals surface area contributed by atoms with Gasteiger partial charge in [-0.2, -0.15) is 0 Å². The summed E-state index contributed by atoms with van der Waals surface area (Å²) < 4.78 is 20.1. The van der Waals surface area contributed by atoms with Crippen molar-refractivity contribution in [2.45, 2.75) is 12.5 Å². The van der Waals surface area contributed by atoms with Crippen LogP contribution in [-0.4, -0.2) is 16.1 Å². The maximum absolute atomic E-state index is 6.50. The number of ether oxygens (including phenoxy) is 1. The molecule has 0 amide bonds. The van der Waals surface area contributed by atoms with Crippen LogP contribution >= 0.6 is 15.9 Å². The zero-order valence-corrected chi connectivity index (χ0v) is 25.9. The van der Waals surface area contributed by atoms with Gasteiger partial charge in [-0.05, 0) is 59.7 Å².